The standard InChI is InChI=1S/C14H19NO2S/c1-11(2)10-14(16)15-6-5-13(18-9-7-15)12-4-3-8-17-12/h3-4,8,10,13H,5-7,9H2,1-2H3. The van der Waals surface area contributed by atoms with Crippen LogP contribution >= 0.6 is 11.8 Å². The van der Waals surface area contributed by atoms with E-state index < -0.39 is 0 Å². The van der Waals surface area contributed by atoms with Crippen LogP contribution < -0.4 is 0 Å². The fraction of sp³-hybridized carbons (Fsp3) is 0.500. The van der Waals surface area contributed by atoms with Crippen LogP contribution in [0.25, 0.3) is 0 Å². The van der Waals surface area contributed by atoms with Crippen LogP contribution in [0.1, 0.15) is 31.3 Å². The molecule has 1 fully saturated rings. The molecule has 0 N–H and O–H groups in total. The largest absolute Gasteiger partial charge is 0.468 e. The number of hydrogen-bond acceptors (Lipinski definition) is 3. The summed E-state index contributed by atoms with van der Waals surface area (Å²) in [5, 5.41) is 0.379. The lowest BCUT2D eigenvalue weighted by Crippen LogP contribution is -2.31. The predicted molar refractivity (Wildman–Crippen MR) is 74.5 cm³/mol. The zero-order chi connectivity index (χ0) is 13.0. The van der Waals surface area contributed by atoms with E-state index in [-0.39, 0.29) is 5.91 Å². The number of amides is 1. The molecule has 1 aliphatic heterocycles. The van der Waals surface area contributed by atoms with E-state index in [4.69, 9.17) is 4.42 Å². The van der Waals surface area contributed by atoms with E-state index in [0.717, 1.165) is 36.6 Å². The Balaban J connectivity index is 1.96. The summed E-state index contributed by atoms with van der Waals surface area (Å²) in [6.07, 6.45) is 4.39. The first-order valence-corrected chi connectivity index (χ1v) is 7.30. The van der Waals surface area contributed by atoms with Crippen molar-refractivity contribution in [1.82, 2.24) is 4.90 Å². The summed E-state index contributed by atoms with van der Waals surface area (Å²) in [4.78, 5) is 13.9. The minimum Gasteiger partial charge on any atom is -0.468 e. The molecule has 0 radical (unpaired) electrons. The third kappa shape index (κ3) is 3.42. The zero-order valence-electron chi connectivity index (χ0n) is 10.9. The maximum absolute atomic E-state index is 12.0. The molecule has 2 heterocycles. The second-order valence-corrected chi connectivity index (χ2v) is 6.02. The van der Waals surface area contributed by atoms with E-state index in [1.165, 1.54) is 0 Å². The average molecular weight is 265 g/mol. The van der Waals surface area contributed by atoms with Crippen LogP contribution in [0.5, 0.6) is 0 Å². The normalized spacial score (nSPS) is 20.3. The van der Waals surface area contributed by atoms with Gasteiger partial charge in [0, 0.05) is 24.9 Å². The van der Waals surface area contributed by atoms with Crippen molar-refractivity contribution in [2.24, 2.45) is 0 Å². The molecule has 1 aromatic heterocycles. The molecule has 2 rings (SSSR count). The van der Waals surface area contributed by atoms with Gasteiger partial charge in [-0.05, 0) is 32.4 Å². The van der Waals surface area contributed by atoms with Crippen LogP contribution in [0.15, 0.2) is 34.5 Å². The molecular weight excluding hydrogens is 246 g/mol. The lowest BCUT2D eigenvalue weighted by molar-refractivity contribution is -0.125. The first-order valence-electron chi connectivity index (χ1n) is 6.25. The van der Waals surface area contributed by atoms with Crippen molar-refractivity contribution in [1.29, 1.82) is 0 Å². The van der Waals surface area contributed by atoms with Crippen LogP contribution in [0.3, 0.4) is 0 Å². The molecule has 3 nitrogen and oxygen atoms in total. The highest BCUT2D eigenvalue weighted by Crippen LogP contribution is 2.34. The number of thioether (sulfide) groups is 1. The van der Waals surface area contributed by atoms with Gasteiger partial charge in [-0.3, -0.25) is 4.79 Å². The van der Waals surface area contributed by atoms with Crippen molar-refractivity contribution in [3.05, 3.63) is 35.8 Å². The van der Waals surface area contributed by atoms with Crippen LogP contribution in [0.2, 0.25) is 0 Å². The molecule has 18 heavy (non-hydrogen) atoms. The highest BCUT2D eigenvalue weighted by Gasteiger charge is 2.22. The summed E-state index contributed by atoms with van der Waals surface area (Å²) in [7, 11) is 0. The van der Waals surface area contributed by atoms with Crippen molar-refractivity contribution in [2.45, 2.75) is 25.5 Å². The number of nitrogens with zero attached hydrogens (tertiary/aromatic N) is 1. The summed E-state index contributed by atoms with van der Waals surface area (Å²) in [6, 6.07) is 3.94. The van der Waals surface area contributed by atoms with Gasteiger partial charge in [-0.15, -0.1) is 11.8 Å². The van der Waals surface area contributed by atoms with Gasteiger partial charge in [0.2, 0.25) is 5.91 Å². The van der Waals surface area contributed by atoms with Gasteiger partial charge in [-0.2, -0.15) is 0 Å². The van der Waals surface area contributed by atoms with Gasteiger partial charge < -0.3 is 9.32 Å². The van der Waals surface area contributed by atoms with Crippen molar-refractivity contribution in [3.63, 3.8) is 0 Å². The second-order valence-electron chi connectivity index (χ2n) is 4.71. The van der Waals surface area contributed by atoms with Gasteiger partial charge in [0.15, 0.2) is 0 Å². The lowest BCUT2D eigenvalue weighted by atomic mass is 10.2. The fourth-order valence-corrected chi connectivity index (χ4v) is 3.21. The summed E-state index contributed by atoms with van der Waals surface area (Å²) < 4.78 is 5.45. The van der Waals surface area contributed by atoms with Crippen molar-refractivity contribution in [3.8, 4) is 0 Å². The van der Waals surface area contributed by atoms with Crippen LogP contribution in [-0.4, -0.2) is 29.6 Å². The molecule has 0 saturated carbocycles. The maximum Gasteiger partial charge on any atom is 0.246 e. The molecule has 1 amide bonds. The molecule has 1 saturated heterocycles. The third-order valence-electron chi connectivity index (χ3n) is 2.93. The molecule has 1 atom stereocenters. The Morgan fingerprint density at radius 1 is 1.50 bits per heavy atom. The highest BCUT2D eigenvalue weighted by molar-refractivity contribution is 7.99. The Labute approximate surface area is 112 Å². The monoisotopic (exact) mass is 265 g/mol. The number of allylic oxidation sites excluding steroid dienone is 1. The molecule has 1 aromatic rings. The van der Waals surface area contributed by atoms with Crippen LogP contribution in [0, 0.1) is 0 Å². The highest BCUT2D eigenvalue weighted by atomic mass is 32.2. The Morgan fingerprint density at radius 3 is 3.00 bits per heavy atom. The Hall–Kier alpha value is -1.16. The number of hydrogen-bond donors (Lipinski definition) is 0. The van der Waals surface area contributed by atoms with E-state index in [0.29, 0.717) is 5.25 Å². The van der Waals surface area contributed by atoms with E-state index in [9.17, 15) is 4.79 Å². The molecule has 1 aliphatic rings. The summed E-state index contributed by atoms with van der Waals surface area (Å²) >= 11 is 1.87. The quantitative estimate of drug-likeness (QED) is 0.770. The van der Waals surface area contributed by atoms with E-state index in [2.05, 4.69) is 0 Å². The van der Waals surface area contributed by atoms with Crippen molar-refractivity contribution >= 4 is 17.7 Å². The molecule has 0 aliphatic carbocycles. The minimum absolute atomic E-state index is 0.135. The van der Waals surface area contributed by atoms with E-state index in [1.807, 2.05) is 42.6 Å². The molecular formula is C14H19NO2S. The summed E-state index contributed by atoms with van der Waals surface area (Å²) in [5.74, 6) is 2.13. The molecule has 1 unspecified atom stereocenters. The van der Waals surface area contributed by atoms with Gasteiger partial charge in [-0.25, -0.2) is 0 Å². The lowest BCUT2D eigenvalue weighted by Gasteiger charge is -2.18. The van der Waals surface area contributed by atoms with Crippen molar-refractivity contribution in [2.75, 3.05) is 18.8 Å². The number of carbonyl (C=O) groups is 1. The van der Waals surface area contributed by atoms with Crippen LogP contribution in [0.4, 0.5) is 0 Å². The molecule has 4 heteroatoms. The van der Waals surface area contributed by atoms with Crippen LogP contribution in [-0.2, 0) is 4.79 Å². The summed E-state index contributed by atoms with van der Waals surface area (Å²) in [5.41, 5.74) is 1.06. The third-order valence-corrected chi connectivity index (χ3v) is 4.21. The Morgan fingerprint density at radius 2 is 2.33 bits per heavy atom. The SMILES string of the molecule is CC(C)=CC(=O)N1CCSC(c2ccco2)CC1. The smallest absolute Gasteiger partial charge is 0.246 e. The number of carbonyl (C=O) groups excluding carboxylic acids is 1. The number of furan rings is 1. The zero-order valence-corrected chi connectivity index (χ0v) is 11.7. The second kappa shape index (κ2) is 6.14. The van der Waals surface area contributed by atoms with Gasteiger partial charge >= 0.3 is 0 Å². The Bertz CT molecular complexity index is 421. The predicted octanol–water partition coefficient (Wildman–Crippen LogP) is 3.25. The topological polar surface area (TPSA) is 33.5 Å². The first-order chi connectivity index (χ1) is 8.66. The molecule has 0 aromatic carbocycles. The number of rotatable bonds is 2. The van der Waals surface area contributed by atoms with Gasteiger partial charge in [0.1, 0.15) is 5.76 Å². The van der Waals surface area contributed by atoms with Gasteiger partial charge in [0.05, 0.1) is 11.5 Å². The fourth-order valence-electron chi connectivity index (χ4n) is 2.03. The minimum atomic E-state index is 0.135. The van der Waals surface area contributed by atoms with E-state index in [1.54, 1.807) is 12.3 Å². The average Bonchev–Trinajstić information content (AvgIpc) is 2.72. The molecule has 0 spiro atoms. The first kappa shape index (κ1) is 13.3. The van der Waals surface area contributed by atoms with Gasteiger partial charge in [-0.1, -0.05) is 5.57 Å². The maximum atomic E-state index is 12.0. The van der Waals surface area contributed by atoms with E-state index >= 15 is 0 Å². The Kier molecular flexibility index (Phi) is 4.53. The van der Waals surface area contributed by atoms with Gasteiger partial charge in [0.25, 0.3) is 0 Å². The van der Waals surface area contributed by atoms with Crippen molar-refractivity contribution < 1.29 is 9.21 Å². The molecule has 98 valence electrons. The molecule has 0 bridgehead atoms. The summed E-state index contributed by atoms with van der Waals surface area (Å²) in [6.45, 7) is 5.54.